The lowest BCUT2D eigenvalue weighted by Gasteiger charge is -2.22. The minimum atomic E-state index is -0.272. The van der Waals surface area contributed by atoms with Crippen molar-refractivity contribution in [2.75, 3.05) is 33.4 Å². The standard InChI is InChI=1S/C27H34N2O5/c1-4-10-20-13-14-24(25(17-20)32-3)33-18-26(30)28-22(5-2)21-11-6-7-12-23(21)34-19-27(31)29-15-8-9-16-29/h4,6-7,11-14,17,22H,1,5,8-10,15-16,18-19H2,2-3H3,(H,28,30). The smallest absolute Gasteiger partial charge is 0.260 e. The molecule has 0 aliphatic carbocycles. The number of benzene rings is 2. The molecule has 1 heterocycles. The molecular formula is C27H34N2O5. The van der Waals surface area contributed by atoms with Crippen molar-refractivity contribution >= 4 is 11.8 Å². The van der Waals surface area contributed by atoms with E-state index in [9.17, 15) is 9.59 Å². The topological polar surface area (TPSA) is 77.1 Å². The highest BCUT2D eigenvalue weighted by molar-refractivity contribution is 5.79. The van der Waals surface area contributed by atoms with Crippen molar-refractivity contribution in [3.8, 4) is 17.2 Å². The highest BCUT2D eigenvalue weighted by Crippen LogP contribution is 2.29. The van der Waals surface area contributed by atoms with Gasteiger partial charge in [-0.25, -0.2) is 0 Å². The average Bonchev–Trinajstić information content (AvgIpc) is 3.40. The first kappa shape index (κ1) is 25.1. The summed E-state index contributed by atoms with van der Waals surface area (Å²) < 4.78 is 17.0. The second-order valence-corrected chi connectivity index (χ2v) is 8.21. The first-order valence-corrected chi connectivity index (χ1v) is 11.7. The van der Waals surface area contributed by atoms with Crippen LogP contribution >= 0.6 is 0 Å². The van der Waals surface area contributed by atoms with Crippen molar-refractivity contribution in [1.82, 2.24) is 10.2 Å². The highest BCUT2D eigenvalue weighted by atomic mass is 16.5. The number of para-hydroxylation sites is 1. The maximum Gasteiger partial charge on any atom is 0.260 e. The van der Waals surface area contributed by atoms with Gasteiger partial charge in [0.1, 0.15) is 5.75 Å². The molecule has 2 aromatic carbocycles. The number of ether oxygens (including phenoxy) is 3. The van der Waals surface area contributed by atoms with Crippen LogP contribution in [-0.4, -0.2) is 50.1 Å². The van der Waals surface area contributed by atoms with Crippen LogP contribution in [0.25, 0.3) is 0 Å². The van der Waals surface area contributed by atoms with Crippen LogP contribution in [0.2, 0.25) is 0 Å². The van der Waals surface area contributed by atoms with Gasteiger partial charge in [0, 0.05) is 18.7 Å². The molecule has 0 radical (unpaired) electrons. The molecule has 1 N–H and O–H groups in total. The summed E-state index contributed by atoms with van der Waals surface area (Å²) in [7, 11) is 1.57. The first-order valence-electron chi connectivity index (χ1n) is 11.7. The maximum absolute atomic E-state index is 12.7. The SMILES string of the molecule is C=CCc1ccc(OCC(=O)NC(CC)c2ccccc2OCC(=O)N2CCCC2)c(OC)c1. The van der Waals surface area contributed by atoms with Crippen LogP contribution in [0, 0.1) is 0 Å². The molecule has 182 valence electrons. The van der Waals surface area contributed by atoms with Gasteiger partial charge in [-0.3, -0.25) is 9.59 Å². The first-order chi connectivity index (χ1) is 16.5. The van der Waals surface area contributed by atoms with Gasteiger partial charge in [-0.15, -0.1) is 6.58 Å². The molecule has 7 nitrogen and oxygen atoms in total. The number of nitrogens with one attached hydrogen (secondary N) is 1. The lowest BCUT2D eigenvalue weighted by Crippen LogP contribution is -2.34. The third-order valence-corrected chi connectivity index (χ3v) is 5.81. The van der Waals surface area contributed by atoms with Gasteiger partial charge in [-0.1, -0.05) is 37.3 Å². The molecule has 0 bridgehead atoms. The van der Waals surface area contributed by atoms with E-state index >= 15 is 0 Å². The van der Waals surface area contributed by atoms with E-state index in [1.807, 2.05) is 54.3 Å². The zero-order chi connectivity index (χ0) is 24.3. The summed E-state index contributed by atoms with van der Waals surface area (Å²) in [5.41, 5.74) is 1.88. The normalized spacial score (nSPS) is 13.8. The van der Waals surface area contributed by atoms with E-state index in [1.54, 1.807) is 13.2 Å². The Morgan fingerprint density at radius 2 is 1.79 bits per heavy atom. The van der Waals surface area contributed by atoms with Crippen molar-refractivity contribution in [3.05, 3.63) is 66.2 Å². The fraction of sp³-hybridized carbons (Fsp3) is 0.407. The molecule has 1 atom stereocenters. The summed E-state index contributed by atoms with van der Waals surface area (Å²) in [6.45, 7) is 7.16. The lowest BCUT2D eigenvalue weighted by atomic mass is 10.0. The van der Waals surface area contributed by atoms with E-state index < -0.39 is 0 Å². The van der Waals surface area contributed by atoms with E-state index in [0.29, 0.717) is 23.7 Å². The Hall–Kier alpha value is -3.48. The minimum absolute atomic E-state index is 0.00779. The van der Waals surface area contributed by atoms with Gasteiger partial charge in [0.2, 0.25) is 0 Å². The number of methoxy groups -OCH3 is 1. The monoisotopic (exact) mass is 466 g/mol. The van der Waals surface area contributed by atoms with Gasteiger partial charge in [0.15, 0.2) is 24.7 Å². The number of hydrogen-bond acceptors (Lipinski definition) is 5. The number of nitrogens with zero attached hydrogens (tertiary/aromatic N) is 1. The second kappa shape index (κ2) is 12.7. The number of allylic oxidation sites excluding steroid dienone is 1. The average molecular weight is 467 g/mol. The van der Waals surface area contributed by atoms with Crippen molar-refractivity contribution in [1.29, 1.82) is 0 Å². The van der Waals surface area contributed by atoms with Gasteiger partial charge in [0.05, 0.1) is 13.2 Å². The molecular weight excluding hydrogens is 432 g/mol. The molecule has 2 aromatic rings. The van der Waals surface area contributed by atoms with Crippen LogP contribution in [0.3, 0.4) is 0 Å². The lowest BCUT2D eigenvalue weighted by molar-refractivity contribution is -0.132. The van der Waals surface area contributed by atoms with E-state index in [2.05, 4.69) is 11.9 Å². The third kappa shape index (κ3) is 6.76. The van der Waals surface area contributed by atoms with Crippen molar-refractivity contribution < 1.29 is 23.8 Å². The Labute approximate surface area is 201 Å². The summed E-state index contributed by atoms with van der Waals surface area (Å²) in [5.74, 6) is 1.41. The summed E-state index contributed by atoms with van der Waals surface area (Å²) in [6.07, 6.45) is 5.28. The molecule has 34 heavy (non-hydrogen) atoms. The molecule has 1 fully saturated rings. The molecule has 1 aliphatic rings. The summed E-state index contributed by atoms with van der Waals surface area (Å²) in [5, 5.41) is 3.01. The van der Waals surface area contributed by atoms with Gasteiger partial charge >= 0.3 is 0 Å². The molecule has 1 saturated heterocycles. The van der Waals surface area contributed by atoms with E-state index in [1.165, 1.54) is 0 Å². The zero-order valence-electron chi connectivity index (χ0n) is 20.0. The fourth-order valence-corrected chi connectivity index (χ4v) is 4.00. The predicted octanol–water partition coefficient (Wildman–Crippen LogP) is 4.07. The molecule has 2 amide bonds. The van der Waals surface area contributed by atoms with Crippen LogP contribution in [0.15, 0.2) is 55.1 Å². The minimum Gasteiger partial charge on any atom is -0.493 e. The quantitative estimate of drug-likeness (QED) is 0.477. The maximum atomic E-state index is 12.7. The number of carbonyl (C=O) groups is 2. The molecule has 7 heteroatoms. The molecule has 0 spiro atoms. The van der Waals surface area contributed by atoms with Crippen molar-refractivity contribution in [2.24, 2.45) is 0 Å². The molecule has 0 saturated carbocycles. The molecule has 1 unspecified atom stereocenters. The number of amides is 2. The van der Waals surface area contributed by atoms with Crippen LogP contribution < -0.4 is 19.5 Å². The van der Waals surface area contributed by atoms with E-state index in [-0.39, 0.29) is 31.1 Å². The van der Waals surface area contributed by atoms with Crippen molar-refractivity contribution in [2.45, 2.75) is 38.6 Å². The predicted molar refractivity (Wildman–Crippen MR) is 131 cm³/mol. The van der Waals surface area contributed by atoms with Gasteiger partial charge in [0.25, 0.3) is 11.8 Å². The number of carbonyl (C=O) groups excluding carboxylic acids is 2. The molecule has 3 rings (SSSR count). The number of hydrogen-bond donors (Lipinski definition) is 1. The zero-order valence-corrected chi connectivity index (χ0v) is 20.0. The van der Waals surface area contributed by atoms with E-state index in [0.717, 1.165) is 43.5 Å². The summed E-state index contributed by atoms with van der Waals surface area (Å²) in [6, 6.07) is 12.8. The van der Waals surface area contributed by atoms with Crippen molar-refractivity contribution in [3.63, 3.8) is 0 Å². The molecule has 1 aliphatic heterocycles. The Morgan fingerprint density at radius 3 is 2.50 bits per heavy atom. The van der Waals surface area contributed by atoms with Gasteiger partial charge in [-0.05, 0) is 49.4 Å². The Kier molecular flexibility index (Phi) is 9.38. The summed E-state index contributed by atoms with van der Waals surface area (Å²) >= 11 is 0. The number of rotatable bonds is 12. The third-order valence-electron chi connectivity index (χ3n) is 5.81. The summed E-state index contributed by atoms with van der Waals surface area (Å²) in [4.78, 5) is 26.9. The van der Waals surface area contributed by atoms with Crippen LogP contribution in [0.5, 0.6) is 17.2 Å². The number of likely N-dealkylation sites (tertiary alicyclic amines) is 1. The van der Waals surface area contributed by atoms with Crippen LogP contribution in [0.1, 0.15) is 43.4 Å². The van der Waals surface area contributed by atoms with Gasteiger partial charge in [-0.2, -0.15) is 0 Å². The fourth-order valence-electron chi connectivity index (χ4n) is 4.00. The highest BCUT2D eigenvalue weighted by Gasteiger charge is 2.21. The van der Waals surface area contributed by atoms with Crippen LogP contribution in [-0.2, 0) is 16.0 Å². The molecule has 0 aromatic heterocycles. The van der Waals surface area contributed by atoms with E-state index in [4.69, 9.17) is 14.2 Å². The van der Waals surface area contributed by atoms with Gasteiger partial charge < -0.3 is 24.4 Å². The Morgan fingerprint density at radius 1 is 1.06 bits per heavy atom. The van der Waals surface area contributed by atoms with Crippen LogP contribution in [0.4, 0.5) is 0 Å². The second-order valence-electron chi connectivity index (χ2n) is 8.21. The Bertz CT molecular complexity index is 985. The Balaban J connectivity index is 1.60. The largest absolute Gasteiger partial charge is 0.493 e.